The summed E-state index contributed by atoms with van der Waals surface area (Å²) in [6.45, 7) is 2.81. The molecule has 1 heterocycles. The third-order valence-electron chi connectivity index (χ3n) is 2.82. The van der Waals surface area contributed by atoms with Gasteiger partial charge >= 0.3 is 0 Å². The second-order valence-electron chi connectivity index (χ2n) is 4.01. The third kappa shape index (κ3) is 3.16. The number of benzene rings is 1. The second-order valence-corrected chi connectivity index (χ2v) is 5.81. The van der Waals surface area contributed by atoms with Crippen LogP contribution in [0.5, 0.6) is 5.75 Å². The summed E-state index contributed by atoms with van der Waals surface area (Å²) in [5, 5.41) is 5.39. The molecule has 0 saturated carbocycles. The van der Waals surface area contributed by atoms with Gasteiger partial charge in [-0.15, -0.1) is 11.3 Å². The van der Waals surface area contributed by atoms with Crippen LogP contribution in [0.3, 0.4) is 0 Å². The summed E-state index contributed by atoms with van der Waals surface area (Å²) in [6.07, 6.45) is 0. The SMILES string of the molecule is CCNC(c1cc(F)ccc1OC)c1sccc1Br. The van der Waals surface area contributed by atoms with Gasteiger partial charge in [0.25, 0.3) is 0 Å². The van der Waals surface area contributed by atoms with Gasteiger partial charge in [0.05, 0.1) is 13.2 Å². The topological polar surface area (TPSA) is 21.3 Å². The summed E-state index contributed by atoms with van der Waals surface area (Å²) in [5.41, 5.74) is 0.813. The maximum absolute atomic E-state index is 13.5. The minimum Gasteiger partial charge on any atom is -0.496 e. The molecule has 5 heteroatoms. The molecule has 0 fully saturated rings. The van der Waals surface area contributed by atoms with E-state index in [9.17, 15) is 4.39 Å². The summed E-state index contributed by atoms with van der Waals surface area (Å²) in [6, 6.07) is 6.52. The quantitative estimate of drug-likeness (QED) is 0.870. The number of hydrogen-bond acceptors (Lipinski definition) is 3. The number of rotatable bonds is 5. The van der Waals surface area contributed by atoms with E-state index in [0.29, 0.717) is 5.75 Å². The Morgan fingerprint density at radius 2 is 2.21 bits per heavy atom. The molecule has 0 amide bonds. The predicted molar refractivity (Wildman–Crippen MR) is 80.5 cm³/mol. The maximum Gasteiger partial charge on any atom is 0.124 e. The van der Waals surface area contributed by atoms with E-state index in [0.717, 1.165) is 21.5 Å². The average Bonchev–Trinajstić information content (AvgIpc) is 2.82. The number of hydrogen-bond donors (Lipinski definition) is 1. The average molecular weight is 344 g/mol. The maximum atomic E-state index is 13.5. The van der Waals surface area contributed by atoms with E-state index in [1.165, 1.54) is 12.1 Å². The third-order valence-corrected chi connectivity index (χ3v) is 4.75. The van der Waals surface area contributed by atoms with Gasteiger partial charge in [-0.05, 0) is 52.1 Å². The van der Waals surface area contributed by atoms with Gasteiger partial charge in [0.15, 0.2) is 0 Å². The van der Waals surface area contributed by atoms with Crippen LogP contribution in [-0.4, -0.2) is 13.7 Å². The Morgan fingerprint density at radius 3 is 2.79 bits per heavy atom. The van der Waals surface area contributed by atoms with Gasteiger partial charge in [0, 0.05) is 14.9 Å². The Morgan fingerprint density at radius 1 is 1.42 bits per heavy atom. The van der Waals surface area contributed by atoms with Crippen molar-refractivity contribution >= 4 is 27.3 Å². The highest BCUT2D eigenvalue weighted by Crippen LogP contribution is 2.37. The van der Waals surface area contributed by atoms with Crippen molar-refractivity contribution in [1.29, 1.82) is 0 Å². The summed E-state index contributed by atoms with van der Waals surface area (Å²) in [4.78, 5) is 1.12. The monoisotopic (exact) mass is 343 g/mol. The van der Waals surface area contributed by atoms with Crippen LogP contribution in [0, 0.1) is 5.82 Å². The van der Waals surface area contributed by atoms with E-state index in [4.69, 9.17) is 4.74 Å². The molecule has 2 nitrogen and oxygen atoms in total. The molecule has 19 heavy (non-hydrogen) atoms. The molecule has 2 aromatic rings. The highest BCUT2D eigenvalue weighted by molar-refractivity contribution is 9.10. The highest BCUT2D eigenvalue weighted by atomic mass is 79.9. The molecule has 1 atom stereocenters. The Balaban J connectivity index is 2.50. The van der Waals surface area contributed by atoms with Crippen LogP contribution in [-0.2, 0) is 0 Å². The van der Waals surface area contributed by atoms with Crippen LogP contribution in [0.25, 0.3) is 0 Å². The lowest BCUT2D eigenvalue weighted by Crippen LogP contribution is -2.22. The van der Waals surface area contributed by atoms with Crippen molar-refractivity contribution in [3.05, 3.63) is 50.4 Å². The fraction of sp³-hybridized carbons (Fsp3) is 0.286. The van der Waals surface area contributed by atoms with Crippen LogP contribution < -0.4 is 10.1 Å². The Hall–Kier alpha value is -0.910. The molecule has 0 aliphatic carbocycles. The summed E-state index contributed by atoms with van der Waals surface area (Å²) < 4.78 is 19.9. The van der Waals surface area contributed by atoms with Gasteiger partial charge < -0.3 is 10.1 Å². The molecule has 1 unspecified atom stereocenters. The number of thiophene rings is 1. The smallest absolute Gasteiger partial charge is 0.124 e. The first kappa shape index (κ1) is 14.5. The van der Waals surface area contributed by atoms with Crippen LogP contribution >= 0.6 is 27.3 Å². The van der Waals surface area contributed by atoms with E-state index in [1.807, 2.05) is 18.4 Å². The normalized spacial score (nSPS) is 12.4. The van der Waals surface area contributed by atoms with E-state index in [1.54, 1.807) is 24.5 Å². The van der Waals surface area contributed by atoms with Crippen molar-refractivity contribution in [2.24, 2.45) is 0 Å². The van der Waals surface area contributed by atoms with Crippen LogP contribution in [0.1, 0.15) is 23.4 Å². The van der Waals surface area contributed by atoms with E-state index in [-0.39, 0.29) is 11.9 Å². The first-order valence-electron chi connectivity index (χ1n) is 5.97. The van der Waals surface area contributed by atoms with E-state index >= 15 is 0 Å². The molecule has 102 valence electrons. The minimum absolute atomic E-state index is 0.0787. The van der Waals surface area contributed by atoms with Crippen molar-refractivity contribution in [3.63, 3.8) is 0 Å². The molecule has 2 rings (SSSR count). The fourth-order valence-corrected chi connectivity index (χ4v) is 3.68. The molecule has 0 radical (unpaired) electrons. The first-order chi connectivity index (χ1) is 9.17. The summed E-state index contributed by atoms with van der Waals surface area (Å²) in [7, 11) is 1.60. The number of ether oxygens (including phenoxy) is 1. The predicted octanol–water partition coefficient (Wildman–Crippen LogP) is 4.36. The zero-order valence-electron chi connectivity index (χ0n) is 10.7. The lowest BCUT2D eigenvalue weighted by atomic mass is 10.0. The largest absolute Gasteiger partial charge is 0.496 e. The van der Waals surface area contributed by atoms with Gasteiger partial charge in [0.1, 0.15) is 11.6 Å². The van der Waals surface area contributed by atoms with Crippen molar-refractivity contribution in [2.75, 3.05) is 13.7 Å². The van der Waals surface area contributed by atoms with Crippen LogP contribution in [0.15, 0.2) is 34.1 Å². The molecule has 0 aliphatic heterocycles. The molecule has 0 aliphatic rings. The molecule has 0 saturated heterocycles. The molecule has 1 N–H and O–H groups in total. The zero-order chi connectivity index (χ0) is 13.8. The van der Waals surface area contributed by atoms with Gasteiger partial charge in [0.2, 0.25) is 0 Å². The summed E-state index contributed by atoms with van der Waals surface area (Å²) in [5.74, 6) is 0.430. The molecule has 1 aromatic heterocycles. The summed E-state index contributed by atoms with van der Waals surface area (Å²) >= 11 is 5.17. The first-order valence-corrected chi connectivity index (χ1v) is 7.64. The highest BCUT2D eigenvalue weighted by Gasteiger charge is 2.21. The fourth-order valence-electron chi connectivity index (χ4n) is 1.99. The Bertz CT molecular complexity index is 558. The lowest BCUT2D eigenvalue weighted by molar-refractivity contribution is 0.403. The van der Waals surface area contributed by atoms with Gasteiger partial charge in [-0.25, -0.2) is 4.39 Å². The standard InChI is InChI=1S/C14H15BrFNOS/c1-3-17-13(14-11(15)6-7-19-14)10-8-9(16)4-5-12(10)18-2/h4-8,13,17H,3H2,1-2H3. The Kier molecular flexibility index (Phi) is 4.96. The van der Waals surface area contributed by atoms with Crippen molar-refractivity contribution in [1.82, 2.24) is 5.32 Å². The van der Waals surface area contributed by atoms with Crippen molar-refractivity contribution < 1.29 is 9.13 Å². The number of nitrogens with one attached hydrogen (secondary N) is 1. The molecule has 1 aromatic carbocycles. The molecular weight excluding hydrogens is 329 g/mol. The molecule has 0 bridgehead atoms. The zero-order valence-corrected chi connectivity index (χ0v) is 13.1. The van der Waals surface area contributed by atoms with E-state index < -0.39 is 0 Å². The van der Waals surface area contributed by atoms with Crippen molar-refractivity contribution in [3.8, 4) is 5.75 Å². The van der Waals surface area contributed by atoms with Crippen molar-refractivity contribution in [2.45, 2.75) is 13.0 Å². The van der Waals surface area contributed by atoms with Gasteiger partial charge in [-0.3, -0.25) is 0 Å². The van der Waals surface area contributed by atoms with Gasteiger partial charge in [-0.2, -0.15) is 0 Å². The molecule has 0 spiro atoms. The Labute approximate surface area is 124 Å². The number of methoxy groups -OCH3 is 1. The minimum atomic E-state index is -0.258. The van der Waals surface area contributed by atoms with Crippen LogP contribution in [0.2, 0.25) is 0 Å². The van der Waals surface area contributed by atoms with Crippen LogP contribution in [0.4, 0.5) is 4.39 Å². The lowest BCUT2D eigenvalue weighted by Gasteiger charge is -2.20. The number of halogens is 2. The van der Waals surface area contributed by atoms with Gasteiger partial charge in [-0.1, -0.05) is 6.92 Å². The van der Waals surface area contributed by atoms with E-state index in [2.05, 4.69) is 21.2 Å². The second kappa shape index (κ2) is 6.50. The molecular formula is C14H15BrFNOS.